The molecule has 0 saturated heterocycles. The van der Waals surface area contributed by atoms with Gasteiger partial charge in [0, 0.05) is 25.2 Å². The molecular formula is C14H17FN4. The molecule has 0 aliphatic heterocycles. The number of nitrogens with two attached hydrogens (primary N) is 1. The molecule has 2 rings (SSSR count). The van der Waals surface area contributed by atoms with Crippen molar-refractivity contribution in [1.82, 2.24) is 10.2 Å². The molecule has 0 radical (unpaired) electrons. The molecular weight excluding hydrogens is 243 g/mol. The standard InChI is InChI=1S/C14H17FN4/c1-10(16)9-19(2)14-7-6-13(17-18-14)11-4-3-5-12(15)8-11/h3-8,10H,9,16H2,1-2H3. The summed E-state index contributed by atoms with van der Waals surface area (Å²) in [4.78, 5) is 1.94. The lowest BCUT2D eigenvalue weighted by molar-refractivity contribution is 0.628. The highest BCUT2D eigenvalue weighted by Gasteiger charge is 2.07. The van der Waals surface area contributed by atoms with E-state index in [2.05, 4.69) is 10.2 Å². The lowest BCUT2D eigenvalue weighted by Crippen LogP contribution is -2.33. The fraction of sp³-hybridized carbons (Fsp3) is 0.286. The van der Waals surface area contributed by atoms with Crippen molar-refractivity contribution in [2.75, 3.05) is 18.5 Å². The van der Waals surface area contributed by atoms with Crippen LogP contribution in [0.25, 0.3) is 11.3 Å². The largest absolute Gasteiger partial charge is 0.357 e. The van der Waals surface area contributed by atoms with E-state index in [0.29, 0.717) is 17.8 Å². The lowest BCUT2D eigenvalue weighted by atomic mass is 10.1. The van der Waals surface area contributed by atoms with Gasteiger partial charge in [0.2, 0.25) is 0 Å². The molecule has 0 aliphatic carbocycles. The van der Waals surface area contributed by atoms with E-state index < -0.39 is 0 Å². The predicted octanol–water partition coefficient (Wildman–Crippen LogP) is 2.07. The number of likely N-dealkylation sites (N-methyl/N-ethyl adjacent to an activating group) is 1. The van der Waals surface area contributed by atoms with Crippen molar-refractivity contribution in [3.8, 4) is 11.3 Å². The van der Waals surface area contributed by atoms with Crippen molar-refractivity contribution in [2.24, 2.45) is 5.73 Å². The molecule has 0 fully saturated rings. The van der Waals surface area contributed by atoms with Crippen molar-refractivity contribution in [2.45, 2.75) is 13.0 Å². The molecule has 4 nitrogen and oxygen atoms in total. The third kappa shape index (κ3) is 3.48. The summed E-state index contributed by atoms with van der Waals surface area (Å²) in [7, 11) is 1.91. The number of hydrogen-bond acceptors (Lipinski definition) is 4. The van der Waals surface area contributed by atoms with E-state index in [-0.39, 0.29) is 11.9 Å². The zero-order chi connectivity index (χ0) is 13.8. The molecule has 19 heavy (non-hydrogen) atoms. The molecule has 100 valence electrons. The predicted molar refractivity (Wildman–Crippen MR) is 74.3 cm³/mol. The summed E-state index contributed by atoms with van der Waals surface area (Å²) in [6.07, 6.45) is 0. The molecule has 5 heteroatoms. The Labute approximate surface area is 112 Å². The number of rotatable bonds is 4. The van der Waals surface area contributed by atoms with E-state index in [4.69, 9.17) is 5.73 Å². The Morgan fingerprint density at radius 2 is 2.05 bits per heavy atom. The smallest absolute Gasteiger partial charge is 0.151 e. The minimum absolute atomic E-state index is 0.0645. The van der Waals surface area contributed by atoms with Crippen LogP contribution in [0.4, 0.5) is 10.2 Å². The zero-order valence-electron chi connectivity index (χ0n) is 11.0. The van der Waals surface area contributed by atoms with E-state index in [1.807, 2.05) is 31.0 Å². The van der Waals surface area contributed by atoms with Crippen LogP contribution in [-0.4, -0.2) is 29.8 Å². The van der Waals surface area contributed by atoms with Crippen molar-refractivity contribution in [3.05, 3.63) is 42.2 Å². The van der Waals surface area contributed by atoms with Crippen LogP contribution in [0, 0.1) is 5.82 Å². The van der Waals surface area contributed by atoms with Gasteiger partial charge in [0.1, 0.15) is 5.82 Å². The Morgan fingerprint density at radius 3 is 2.63 bits per heavy atom. The molecule has 2 N–H and O–H groups in total. The van der Waals surface area contributed by atoms with Gasteiger partial charge in [-0.1, -0.05) is 12.1 Å². The minimum atomic E-state index is -0.280. The molecule has 0 aliphatic rings. The molecule has 0 saturated carbocycles. The Bertz CT molecular complexity index is 539. The molecule has 1 aromatic carbocycles. The molecule has 0 amide bonds. The molecule has 0 bridgehead atoms. The van der Waals surface area contributed by atoms with Gasteiger partial charge in [-0.25, -0.2) is 4.39 Å². The second kappa shape index (κ2) is 5.75. The highest BCUT2D eigenvalue weighted by Crippen LogP contribution is 2.18. The summed E-state index contributed by atoms with van der Waals surface area (Å²) < 4.78 is 13.1. The average Bonchev–Trinajstić information content (AvgIpc) is 2.38. The van der Waals surface area contributed by atoms with Crippen LogP contribution < -0.4 is 10.6 Å². The summed E-state index contributed by atoms with van der Waals surface area (Å²) in [5.74, 6) is 0.468. The average molecular weight is 260 g/mol. The first kappa shape index (κ1) is 13.4. The van der Waals surface area contributed by atoms with Gasteiger partial charge in [0.15, 0.2) is 5.82 Å². The van der Waals surface area contributed by atoms with Crippen LogP contribution in [0.2, 0.25) is 0 Å². The first-order chi connectivity index (χ1) is 9.06. The number of aromatic nitrogens is 2. The maximum absolute atomic E-state index is 13.1. The topological polar surface area (TPSA) is 55.0 Å². The second-order valence-corrected chi connectivity index (χ2v) is 4.64. The van der Waals surface area contributed by atoms with Gasteiger partial charge in [-0.15, -0.1) is 10.2 Å². The fourth-order valence-electron chi connectivity index (χ4n) is 1.86. The summed E-state index contributed by atoms with van der Waals surface area (Å²) in [6.45, 7) is 2.64. The number of halogens is 1. The third-order valence-electron chi connectivity index (χ3n) is 2.72. The van der Waals surface area contributed by atoms with Crippen molar-refractivity contribution in [1.29, 1.82) is 0 Å². The van der Waals surface area contributed by atoms with Crippen molar-refractivity contribution < 1.29 is 4.39 Å². The molecule has 1 atom stereocenters. The molecule has 1 unspecified atom stereocenters. The summed E-state index contributed by atoms with van der Waals surface area (Å²) in [5.41, 5.74) is 7.10. The maximum Gasteiger partial charge on any atom is 0.151 e. The van der Waals surface area contributed by atoms with Crippen molar-refractivity contribution in [3.63, 3.8) is 0 Å². The van der Waals surface area contributed by atoms with Gasteiger partial charge in [0.05, 0.1) is 5.69 Å². The number of anilines is 1. The Morgan fingerprint density at radius 1 is 1.26 bits per heavy atom. The van der Waals surface area contributed by atoms with Gasteiger partial charge >= 0.3 is 0 Å². The zero-order valence-corrected chi connectivity index (χ0v) is 11.0. The van der Waals surface area contributed by atoms with E-state index in [1.54, 1.807) is 12.1 Å². The van der Waals surface area contributed by atoms with Gasteiger partial charge in [-0.2, -0.15) is 0 Å². The van der Waals surface area contributed by atoms with E-state index >= 15 is 0 Å². The van der Waals surface area contributed by atoms with Crippen LogP contribution in [-0.2, 0) is 0 Å². The normalized spacial score (nSPS) is 12.2. The number of benzene rings is 1. The first-order valence-electron chi connectivity index (χ1n) is 6.12. The van der Waals surface area contributed by atoms with E-state index in [1.165, 1.54) is 12.1 Å². The monoisotopic (exact) mass is 260 g/mol. The van der Waals surface area contributed by atoms with Crippen molar-refractivity contribution >= 4 is 5.82 Å². The van der Waals surface area contributed by atoms with Gasteiger partial charge in [0.25, 0.3) is 0 Å². The molecule has 2 aromatic rings. The van der Waals surface area contributed by atoms with Crippen LogP contribution in [0.1, 0.15) is 6.92 Å². The minimum Gasteiger partial charge on any atom is -0.357 e. The number of nitrogens with zero attached hydrogens (tertiary/aromatic N) is 3. The van der Waals surface area contributed by atoms with Gasteiger partial charge in [-0.3, -0.25) is 0 Å². The van der Waals surface area contributed by atoms with Crippen LogP contribution in [0.5, 0.6) is 0 Å². The van der Waals surface area contributed by atoms with Gasteiger partial charge in [-0.05, 0) is 31.2 Å². The Balaban J connectivity index is 2.19. The fourth-order valence-corrected chi connectivity index (χ4v) is 1.86. The third-order valence-corrected chi connectivity index (χ3v) is 2.72. The molecule has 0 spiro atoms. The van der Waals surface area contributed by atoms with Crippen LogP contribution in [0.15, 0.2) is 36.4 Å². The quantitative estimate of drug-likeness (QED) is 0.914. The Hall–Kier alpha value is -2.01. The number of hydrogen-bond donors (Lipinski definition) is 1. The van der Waals surface area contributed by atoms with Crippen LogP contribution in [0.3, 0.4) is 0 Å². The lowest BCUT2D eigenvalue weighted by Gasteiger charge is -2.19. The summed E-state index contributed by atoms with van der Waals surface area (Å²) >= 11 is 0. The second-order valence-electron chi connectivity index (χ2n) is 4.64. The Kier molecular flexibility index (Phi) is 4.06. The maximum atomic E-state index is 13.1. The highest BCUT2D eigenvalue weighted by molar-refractivity contribution is 5.59. The highest BCUT2D eigenvalue weighted by atomic mass is 19.1. The molecule has 1 aromatic heterocycles. The first-order valence-corrected chi connectivity index (χ1v) is 6.12. The summed E-state index contributed by atoms with van der Waals surface area (Å²) in [5, 5.41) is 8.25. The van der Waals surface area contributed by atoms with Gasteiger partial charge < -0.3 is 10.6 Å². The van der Waals surface area contributed by atoms with E-state index in [9.17, 15) is 4.39 Å². The SMILES string of the molecule is CC(N)CN(C)c1ccc(-c2cccc(F)c2)nn1. The van der Waals surface area contributed by atoms with Crippen LogP contribution >= 0.6 is 0 Å². The summed E-state index contributed by atoms with van der Waals surface area (Å²) in [6, 6.07) is 10.1. The molecule has 1 heterocycles. The van der Waals surface area contributed by atoms with E-state index in [0.717, 1.165) is 5.82 Å².